The number of nitrogens with one attached hydrogen (secondary N) is 1. The van der Waals surface area contributed by atoms with E-state index in [9.17, 15) is 0 Å². The highest BCUT2D eigenvalue weighted by molar-refractivity contribution is 7.13. The number of aromatic nitrogens is 1. The maximum atomic E-state index is 4.26. The van der Waals surface area contributed by atoms with Crippen LogP contribution in [0.4, 0.5) is 5.69 Å². The van der Waals surface area contributed by atoms with Crippen molar-refractivity contribution in [2.45, 2.75) is 6.92 Å². The molecule has 1 N–H and O–H groups in total. The fourth-order valence-electron chi connectivity index (χ4n) is 1.30. The van der Waals surface area contributed by atoms with Crippen LogP contribution < -0.4 is 5.32 Å². The Labute approximate surface area is 87.6 Å². The summed E-state index contributed by atoms with van der Waals surface area (Å²) in [4.78, 5) is 4.26. The zero-order valence-electron chi connectivity index (χ0n) is 8.03. The first-order valence-corrected chi connectivity index (χ1v) is 5.52. The van der Waals surface area contributed by atoms with Crippen LogP contribution in [0.2, 0.25) is 0 Å². The fourth-order valence-corrected chi connectivity index (χ4v) is 1.95. The van der Waals surface area contributed by atoms with E-state index in [0.717, 1.165) is 17.2 Å². The smallest absolute Gasteiger partial charge is 0.123 e. The van der Waals surface area contributed by atoms with Crippen molar-refractivity contribution in [2.24, 2.45) is 0 Å². The van der Waals surface area contributed by atoms with Crippen molar-refractivity contribution in [3.05, 3.63) is 35.8 Å². The Morgan fingerprint density at radius 1 is 1.29 bits per heavy atom. The van der Waals surface area contributed by atoms with Gasteiger partial charge in [0.1, 0.15) is 5.01 Å². The van der Waals surface area contributed by atoms with Crippen LogP contribution in [0.15, 0.2) is 35.8 Å². The molecule has 1 heterocycles. The second-order valence-corrected chi connectivity index (χ2v) is 3.84. The van der Waals surface area contributed by atoms with Gasteiger partial charge in [-0.3, -0.25) is 0 Å². The molecule has 0 amide bonds. The summed E-state index contributed by atoms with van der Waals surface area (Å²) in [5.74, 6) is 0. The molecule has 1 aromatic heterocycles. The van der Waals surface area contributed by atoms with Crippen LogP contribution in [-0.2, 0) is 0 Å². The molecule has 0 bridgehead atoms. The number of hydrogen-bond acceptors (Lipinski definition) is 3. The zero-order chi connectivity index (χ0) is 9.80. The van der Waals surface area contributed by atoms with Crippen molar-refractivity contribution in [3.8, 4) is 10.6 Å². The number of thiazole rings is 1. The summed E-state index contributed by atoms with van der Waals surface area (Å²) >= 11 is 1.66. The molecule has 72 valence electrons. The third-order valence-electron chi connectivity index (χ3n) is 1.95. The van der Waals surface area contributed by atoms with E-state index in [0.29, 0.717) is 0 Å². The van der Waals surface area contributed by atoms with Crippen molar-refractivity contribution < 1.29 is 0 Å². The van der Waals surface area contributed by atoms with E-state index in [-0.39, 0.29) is 0 Å². The Hall–Kier alpha value is -1.35. The van der Waals surface area contributed by atoms with Crippen molar-refractivity contribution in [3.63, 3.8) is 0 Å². The monoisotopic (exact) mass is 204 g/mol. The maximum absolute atomic E-state index is 4.26. The van der Waals surface area contributed by atoms with Gasteiger partial charge in [-0.1, -0.05) is 0 Å². The second-order valence-electron chi connectivity index (χ2n) is 2.94. The molecular formula is C11H12N2S. The minimum atomic E-state index is 0.955. The van der Waals surface area contributed by atoms with E-state index in [1.54, 1.807) is 11.3 Å². The molecule has 0 atom stereocenters. The minimum Gasteiger partial charge on any atom is -0.385 e. The number of benzene rings is 1. The standard InChI is InChI=1S/C11H12N2S/c1-2-12-10-5-3-9(4-6-10)11-13-7-8-14-11/h3-8,12H,2H2,1H3. The van der Waals surface area contributed by atoms with Gasteiger partial charge in [0.05, 0.1) is 0 Å². The average molecular weight is 204 g/mol. The molecule has 3 heteroatoms. The van der Waals surface area contributed by atoms with Crippen molar-refractivity contribution in [1.82, 2.24) is 4.98 Å². The summed E-state index contributed by atoms with van der Waals surface area (Å²) in [5, 5.41) is 6.33. The van der Waals surface area contributed by atoms with E-state index in [2.05, 4.69) is 41.5 Å². The van der Waals surface area contributed by atoms with Crippen molar-refractivity contribution in [2.75, 3.05) is 11.9 Å². The quantitative estimate of drug-likeness (QED) is 0.830. The molecule has 2 aromatic rings. The summed E-state index contributed by atoms with van der Waals surface area (Å²) in [6.07, 6.45) is 1.83. The largest absolute Gasteiger partial charge is 0.385 e. The highest BCUT2D eigenvalue weighted by atomic mass is 32.1. The van der Waals surface area contributed by atoms with E-state index < -0.39 is 0 Å². The molecule has 14 heavy (non-hydrogen) atoms. The molecule has 1 aromatic carbocycles. The fraction of sp³-hybridized carbons (Fsp3) is 0.182. The molecule has 0 fully saturated rings. The lowest BCUT2D eigenvalue weighted by Crippen LogP contribution is -1.95. The molecule has 0 saturated carbocycles. The number of anilines is 1. The van der Waals surface area contributed by atoms with E-state index in [4.69, 9.17) is 0 Å². The van der Waals surface area contributed by atoms with Gasteiger partial charge in [-0.05, 0) is 31.2 Å². The van der Waals surface area contributed by atoms with Crippen LogP contribution in [0, 0.1) is 0 Å². The van der Waals surface area contributed by atoms with Crippen LogP contribution in [0.5, 0.6) is 0 Å². The van der Waals surface area contributed by atoms with Gasteiger partial charge in [0.2, 0.25) is 0 Å². The van der Waals surface area contributed by atoms with Crippen molar-refractivity contribution in [1.29, 1.82) is 0 Å². The van der Waals surface area contributed by atoms with Gasteiger partial charge in [-0.2, -0.15) is 0 Å². The summed E-state index contributed by atoms with van der Waals surface area (Å²) < 4.78 is 0. The number of nitrogens with zero attached hydrogens (tertiary/aromatic N) is 1. The zero-order valence-corrected chi connectivity index (χ0v) is 8.84. The molecule has 2 rings (SSSR count). The van der Waals surface area contributed by atoms with E-state index >= 15 is 0 Å². The van der Waals surface area contributed by atoms with Crippen LogP contribution in [-0.4, -0.2) is 11.5 Å². The van der Waals surface area contributed by atoms with Gasteiger partial charge in [0.15, 0.2) is 0 Å². The first kappa shape index (κ1) is 9.21. The van der Waals surface area contributed by atoms with Crippen LogP contribution in [0.25, 0.3) is 10.6 Å². The second kappa shape index (κ2) is 4.24. The first-order chi connectivity index (χ1) is 6.90. The average Bonchev–Trinajstić information content (AvgIpc) is 2.72. The van der Waals surface area contributed by atoms with Gasteiger partial charge >= 0.3 is 0 Å². The lowest BCUT2D eigenvalue weighted by molar-refractivity contribution is 1.21. The number of rotatable bonds is 3. The van der Waals surface area contributed by atoms with Crippen LogP contribution in [0.3, 0.4) is 0 Å². The molecule has 0 spiro atoms. The molecule has 0 aliphatic carbocycles. The normalized spacial score (nSPS) is 10.1. The van der Waals surface area contributed by atoms with Gasteiger partial charge in [0.25, 0.3) is 0 Å². The third kappa shape index (κ3) is 1.93. The summed E-state index contributed by atoms with van der Waals surface area (Å²) in [6, 6.07) is 8.36. The summed E-state index contributed by atoms with van der Waals surface area (Å²) in [6.45, 7) is 3.05. The Bertz CT molecular complexity index is 378. The predicted molar refractivity (Wildman–Crippen MR) is 61.7 cm³/mol. The first-order valence-electron chi connectivity index (χ1n) is 4.64. The summed E-state index contributed by atoms with van der Waals surface area (Å²) in [7, 11) is 0. The lowest BCUT2D eigenvalue weighted by atomic mass is 10.2. The van der Waals surface area contributed by atoms with Gasteiger partial charge < -0.3 is 5.32 Å². The van der Waals surface area contributed by atoms with Gasteiger partial charge in [-0.25, -0.2) is 4.98 Å². The van der Waals surface area contributed by atoms with Gasteiger partial charge in [0, 0.05) is 29.4 Å². The van der Waals surface area contributed by atoms with E-state index in [1.807, 2.05) is 11.6 Å². The Morgan fingerprint density at radius 2 is 2.07 bits per heavy atom. The Balaban J connectivity index is 2.22. The molecular weight excluding hydrogens is 192 g/mol. The van der Waals surface area contributed by atoms with Crippen LogP contribution in [0.1, 0.15) is 6.92 Å². The Morgan fingerprint density at radius 3 is 2.64 bits per heavy atom. The number of hydrogen-bond donors (Lipinski definition) is 1. The highest BCUT2D eigenvalue weighted by Crippen LogP contribution is 2.22. The molecule has 0 radical (unpaired) electrons. The van der Waals surface area contributed by atoms with Crippen molar-refractivity contribution >= 4 is 17.0 Å². The molecule has 0 aliphatic heterocycles. The minimum absolute atomic E-state index is 0.955. The molecule has 0 unspecified atom stereocenters. The molecule has 2 nitrogen and oxygen atoms in total. The Kier molecular flexibility index (Phi) is 2.79. The highest BCUT2D eigenvalue weighted by Gasteiger charge is 1.98. The predicted octanol–water partition coefficient (Wildman–Crippen LogP) is 3.24. The lowest BCUT2D eigenvalue weighted by Gasteiger charge is -2.02. The summed E-state index contributed by atoms with van der Waals surface area (Å²) in [5.41, 5.74) is 2.34. The molecule has 0 aliphatic rings. The molecule has 0 saturated heterocycles. The SMILES string of the molecule is CCNc1ccc(-c2nccs2)cc1. The van der Waals surface area contributed by atoms with Crippen LogP contribution >= 0.6 is 11.3 Å². The third-order valence-corrected chi connectivity index (χ3v) is 2.77. The maximum Gasteiger partial charge on any atom is 0.123 e. The topological polar surface area (TPSA) is 24.9 Å². The van der Waals surface area contributed by atoms with E-state index in [1.165, 1.54) is 5.56 Å². The van der Waals surface area contributed by atoms with Gasteiger partial charge in [-0.15, -0.1) is 11.3 Å².